The maximum atomic E-state index is 12.5. The van der Waals surface area contributed by atoms with E-state index in [-0.39, 0.29) is 11.4 Å². The number of imidazole rings is 3. The molecule has 3 aromatic heterocycles. The van der Waals surface area contributed by atoms with Crippen LogP contribution in [0, 0.1) is 0 Å². The van der Waals surface area contributed by atoms with Gasteiger partial charge in [-0.3, -0.25) is 13.7 Å². The SMILES string of the molecule is Cn1cncc1-c1nc2cc(-c3cccc(O)c3)ccc2n1-c1ccc2c(c1)n(C)c(=O)n2C. The summed E-state index contributed by atoms with van der Waals surface area (Å²) < 4.78 is 7.33. The van der Waals surface area contributed by atoms with Crippen LogP contribution in [0.5, 0.6) is 5.75 Å². The van der Waals surface area contributed by atoms with Crippen molar-refractivity contribution in [2.75, 3.05) is 0 Å². The van der Waals surface area contributed by atoms with Gasteiger partial charge in [0, 0.05) is 26.8 Å². The van der Waals surface area contributed by atoms with E-state index >= 15 is 0 Å². The first-order valence-electron chi connectivity index (χ1n) is 10.9. The number of aromatic nitrogens is 6. The van der Waals surface area contributed by atoms with Crippen molar-refractivity contribution in [3.8, 4) is 34.1 Å². The summed E-state index contributed by atoms with van der Waals surface area (Å²) in [6.07, 6.45) is 3.55. The second kappa shape index (κ2) is 7.21. The van der Waals surface area contributed by atoms with Gasteiger partial charge in [0.05, 0.1) is 34.6 Å². The lowest BCUT2D eigenvalue weighted by atomic mass is 10.0. The molecule has 6 rings (SSSR count). The van der Waals surface area contributed by atoms with Crippen molar-refractivity contribution in [3.05, 3.63) is 83.7 Å². The van der Waals surface area contributed by atoms with E-state index in [2.05, 4.69) is 9.55 Å². The molecule has 0 radical (unpaired) electrons. The third-order valence-corrected chi connectivity index (χ3v) is 6.39. The standard InChI is InChI=1S/C26H22N6O2/c1-29-15-27-14-24(29)25-28-20-12-17(16-5-4-6-19(33)11-16)7-9-21(20)32(25)18-8-10-22-23(13-18)31(3)26(34)30(22)2/h4-15,33H,1-3H3. The number of aromatic hydroxyl groups is 1. The van der Waals surface area contributed by atoms with Gasteiger partial charge in [-0.15, -0.1) is 0 Å². The number of phenols is 1. The molecular formula is C26H22N6O2. The van der Waals surface area contributed by atoms with E-state index in [1.54, 1.807) is 47.9 Å². The first-order valence-corrected chi connectivity index (χ1v) is 10.9. The van der Waals surface area contributed by atoms with Crippen molar-refractivity contribution in [2.45, 2.75) is 0 Å². The van der Waals surface area contributed by atoms with Gasteiger partial charge in [0.2, 0.25) is 0 Å². The van der Waals surface area contributed by atoms with Crippen LogP contribution in [0.2, 0.25) is 0 Å². The summed E-state index contributed by atoms with van der Waals surface area (Å²) in [6.45, 7) is 0. The Labute approximate surface area is 194 Å². The van der Waals surface area contributed by atoms with Gasteiger partial charge in [0.15, 0.2) is 5.82 Å². The average Bonchev–Trinajstić information content (AvgIpc) is 3.49. The minimum atomic E-state index is -0.0646. The third kappa shape index (κ3) is 2.88. The molecule has 8 nitrogen and oxygen atoms in total. The van der Waals surface area contributed by atoms with Crippen LogP contribution in [0.1, 0.15) is 0 Å². The van der Waals surface area contributed by atoms with Crippen molar-refractivity contribution in [1.82, 2.24) is 28.2 Å². The lowest BCUT2D eigenvalue weighted by molar-refractivity contribution is 0.475. The summed E-state index contributed by atoms with van der Waals surface area (Å²) in [4.78, 5) is 21.8. The molecule has 168 valence electrons. The monoisotopic (exact) mass is 450 g/mol. The molecule has 0 aliphatic rings. The van der Waals surface area contributed by atoms with Gasteiger partial charge in [-0.25, -0.2) is 14.8 Å². The lowest BCUT2D eigenvalue weighted by Crippen LogP contribution is -2.19. The normalized spacial score (nSPS) is 11.6. The first-order chi connectivity index (χ1) is 16.4. The second-order valence-corrected chi connectivity index (χ2v) is 8.49. The van der Waals surface area contributed by atoms with E-state index in [1.165, 1.54) is 0 Å². The van der Waals surface area contributed by atoms with Crippen molar-refractivity contribution in [3.63, 3.8) is 0 Å². The predicted octanol–water partition coefficient (Wildman–Crippen LogP) is 3.99. The highest BCUT2D eigenvalue weighted by molar-refractivity contribution is 5.88. The van der Waals surface area contributed by atoms with Crippen LogP contribution in [-0.4, -0.2) is 33.3 Å². The fraction of sp³-hybridized carbons (Fsp3) is 0.115. The smallest absolute Gasteiger partial charge is 0.328 e. The third-order valence-electron chi connectivity index (χ3n) is 6.39. The van der Waals surface area contributed by atoms with Gasteiger partial charge in [0.25, 0.3) is 0 Å². The van der Waals surface area contributed by atoms with Crippen LogP contribution in [-0.2, 0) is 21.1 Å². The molecule has 3 aromatic carbocycles. The lowest BCUT2D eigenvalue weighted by Gasteiger charge is -2.11. The number of fused-ring (bicyclic) bond motifs is 2. The largest absolute Gasteiger partial charge is 0.508 e. The number of hydrogen-bond acceptors (Lipinski definition) is 4. The number of nitrogens with zero attached hydrogens (tertiary/aromatic N) is 6. The molecule has 0 unspecified atom stereocenters. The Bertz CT molecular complexity index is 1780. The van der Waals surface area contributed by atoms with E-state index in [0.29, 0.717) is 0 Å². The Morgan fingerprint density at radius 3 is 2.35 bits per heavy atom. The molecule has 0 bridgehead atoms. The summed E-state index contributed by atoms with van der Waals surface area (Å²) >= 11 is 0. The number of hydrogen-bond donors (Lipinski definition) is 1. The molecule has 1 N–H and O–H groups in total. The topological polar surface area (TPSA) is 82.8 Å². The Morgan fingerprint density at radius 1 is 0.824 bits per heavy atom. The Balaban J connectivity index is 1.64. The summed E-state index contributed by atoms with van der Waals surface area (Å²) in [6, 6.07) is 19.3. The number of rotatable bonds is 3. The summed E-state index contributed by atoms with van der Waals surface area (Å²) in [7, 11) is 5.50. The fourth-order valence-electron chi connectivity index (χ4n) is 4.59. The van der Waals surface area contributed by atoms with Gasteiger partial charge >= 0.3 is 5.69 Å². The molecule has 34 heavy (non-hydrogen) atoms. The zero-order valence-electron chi connectivity index (χ0n) is 19.0. The maximum absolute atomic E-state index is 12.5. The molecule has 0 saturated carbocycles. The van der Waals surface area contributed by atoms with E-state index in [4.69, 9.17) is 4.98 Å². The van der Waals surface area contributed by atoms with Gasteiger partial charge < -0.3 is 9.67 Å². The molecule has 0 fully saturated rings. The van der Waals surface area contributed by atoms with E-state index in [1.807, 2.05) is 60.1 Å². The molecule has 3 heterocycles. The van der Waals surface area contributed by atoms with Crippen molar-refractivity contribution in [1.29, 1.82) is 0 Å². The molecule has 0 aliphatic carbocycles. The van der Waals surface area contributed by atoms with E-state index in [9.17, 15) is 9.90 Å². The minimum Gasteiger partial charge on any atom is -0.508 e. The van der Waals surface area contributed by atoms with Gasteiger partial charge in [-0.05, 0) is 53.6 Å². The van der Waals surface area contributed by atoms with Crippen LogP contribution >= 0.6 is 0 Å². The molecule has 6 aromatic rings. The summed E-state index contributed by atoms with van der Waals surface area (Å²) in [5.41, 5.74) is 7.05. The highest BCUT2D eigenvalue weighted by Gasteiger charge is 2.19. The molecular weight excluding hydrogens is 428 g/mol. The van der Waals surface area contributed by atoms with Gasteiger partial charge in [0.1, 0.15) is 11.4 Å². The van der Waals surface area contributed by atoms with Crippen LogP contribution in [0.25, 0.3) is 50.4 Å². The Kier molecular flexibility index (Phi) is 4.25. The molecule has 0 saturated heterocycles. The van der Waals surface area contributed by atoms with Gasteiger partial charge in [-0.1, -0.05) is 18.2 Å². The van der Waals surface area contributed by atoms with Crippen molar-refractivity contribution in [2.24, 2.45) is 21.1 Å². The van der Waals surface area contributed by atoms with Crippen LogP contribution in [0.15, 0.2) is 78.0 Å². The number of phenolic OH excluding ortho intramolecular Hbond substituents is 1. The summed E-state index contributed by atoms with van der Waals surface area (Å²) in [5.74, 6) is 0.976. The number of benzene rings is 3. The molecule has 0 amide bonds. The van der Waals surface area contributed by atoms with Gasteiger partial charge in [-0.2, -0.15) is 0 Å². The van der Waals surface area contributed by atoms with E-state index in [0.717, 1.165) is 50.4 Å². The van der Waals surface area contributed by atoms with Crippen molar-refractivity contribution >= 4 is 22.1 Å². The first kappa shape index (κ1) is 20.0. The number of aryl methyl sites for hydroxylation is 3. The highest BCUT2D eigenvalue weighted by Crippen LogP contribution is 2.32. The second-order valence-electron chi connectivity index (χ2n) is 8.49. The van der Waals surface area contributed by atoms with Crippen molar-refractivity contribution < 1.29 is 5.11 Å². The quantitative estimate of drug-likeness (QED) is 0.442. The zero-order valence-corrected chi connectivity index (χ0v) is 19.0. The molecule has 8 heteroatoms. The minimum absolute atomic E-state index is 0.0646. The van der Waals surface area contributed by atoms with E-state index < -0.39 is 0 Å². The highest BCUT2D eigenvalue weighted by atomic mass is 16.3. The van der Waals surface area contributed by atoms with Crippen LogP contribution in [0.4, 0.5) is 0 Å². The Morgan fingerprint density at radius 2 is 1.59 bits per heavy atom. The maximum Gasteiger partial charge on any atom is 0.328 e. The Hall–Kier alpha value is -4.59. The molecule has 0 spiro atoms. The average molecular weight is 451 g/mol. The van der Waals surface area contributed by atoms with Crippen LogP contribution in [0.3, 0.4) is 0 Å². The molecule has 0 atom stereocenters. The summed E-state index contributed by atoms with van der Waals surface area (Å²) in [5, 5.41) is 9.91. The van der Waals surface area contributed by atoms with Crippen LogP contribution < -0.4 is 5.69 Å². The molecule has 0 aliphatic heterocycles. The zero-order chi connectivity index (χ0) is 23.6. The fourth-order valence-corrected chi connectivity index (χ4v) is 4.59. The predicted molar refractivity (Wildman–Crippen MR) is 132 cm³/mol.